The summed E-state index contributed by atoms with van der Waals surface area (Å²) in [5.74, 6) is -1.13. The number of hydrogen-bond donors (Lipinski definition) is 1. The average molecular weight is 395 g/mol. The smallest absolute Gasteiger partial charge is 0.338 e. The van der Waals surface area contributed by atoms with Gasteiger partial charge in [-0.3, -0.25) is 14.9 Å². The number of carbonyl (C=O) groups excluding carboxylic acids is 2. The van der Waals surface area contributed by atoms with Crippen LogP contribution >= 0.6 is 0 Å². The van der Waals surface area contributed by atoms with Crippen LogP contribution in [0.25, 0.3) is 0 Å². The van der Waals surface area contributed by atoms with E-state index < -0.39 is 17.5 Å². The lowest BCUT2D eigenvalue weighted by atomic mass is 10.1. The maximum atomic E-state index is 12.3. The zero-order chi connectivity index (χ0) is 20.7. The number of esters is 1. The summed E-state index contributed by atoms with van der Waals surface area (Å²) < 4.78 is 15.5. The Morgan fingerprint density at radius 1 is 1.32 bits per heavy atom. The molecule has 1 aromatic rings. The molecular formula is C18H25N3O7. The molecule has 0 unspecified atom stereocenters. The van der Waals surface area contributed by atoms with Crippen LogP contribution in [-0.4, -0.2) is 73.9 Å². The third-order valence-corrected chi connectivity index (χ3v) is 4.15. The number of rotatable bonds is 8. The van der Waals surface area contributed by atoms with E-state index in [2.05, 4.69) is 5.32 Å². The van der Waals surface area contributed by atoms with Crippen molar-refractivity contribution in [3.05, 3.63) is 33.9 Å². The van der Waals surface area contributed by atoms with Gasteiger partial charge in [0.15, 0.2) is 6.61 Å². The lowest BCUT2D eigenvalue weighted by Gasteiger charge is -2.35. The largest absolute Gasteiger partial charge is 0.452 e. The summed E-state index contributed by atoms with van der Waals surface area (Å²) in [4.78, 5) is 36.8. The highest BCUT2D eigenvalue weighted by Gasteiger charge is 2.27. The first-order chi connectivity index (χ1) is 13.3. The number of hydrogen-bond acceptors (Lipinski definition) is 8. The van der Waals surface area contributed by atoms with Crippen molar-refractivity contribution in [2.45, 2.75) is 26.1 Å². The summed E-state index contributed by atoms with van der Waals surface area (Å²) >= 11 is 0. The number of carbonyl (C=O) groups is 2. The third-order valence-electron chi connectivity index (χ3n) is 4.15. The minimum Gasteiger partial charge on any atom is -0.452 e. The van der Waals surface area contributed by atoms with Gasteiger partial charge in [0.05, 0.1) is 29.3 Å². The lowest BCUT2D eigenvalue weighted by molar-refractivity contribution is -0.384. The molecule has 1 aliphatic rings. The number of benzene rings is 1. The molecule has 10 nitrogen and oxygen atoms in total. The van der Waals surface area contributed by atoms with E-state index in [1.807, 2.05) is 13.8 Å². The standard InChI is InChI=1S/C18H25N3O7/c1-12-9-20(10-13(2)28-12)17(22)11-27-18(23)14-4-5-15(19-6-7-26-3)16(8-14)21(24)25/h4-5,8,12-13,19H,6-7,9-11H2,1-3H3/t12-,13-/m1/s1. The third kappa shape index (κ3) is 5.89. The molecule has 154 valence electrons. The fourth-order valence-electron chi connectivity index (χ4n) is 2.93. The lowest BCUT2D eigenvalue weighted by Crippen LogP contribution is -2.49. The van der Waals surface area contributed by atoms with E-state index >= 15 is 0 Å². The zero-order valence-electron chi connectivity index (χ0n) is 16.2. The maximum absolute atomic E-state index is 12.3. The van der Waals surface area contributed by atoms with Crippen LogP contribution in [0.4, 0.5) is 11.4 Å². The van der Waals surface area contributed by atoms with Gasteiger partial charge in [0.2, 0.25) is 0 Å². The number of ether oxygens (including phenoxy) is 3. The molecular weight excluding hydrogens is 370 g/mol. The van der Waals surface area contributed by atoms with E-state index in [0.29, 0.717) is 26.2 Å². The highest BCUT2D eigenvalue weighted by Crippen LogP contribution is 2.25. The summed E-state index contributed by atoms with van der Waals surface area (Å²) in [6, 6.07) is 3.96. The van der Waals surface area contributed by atoms with Gasteiger partial charge >= 0.3 is 5.97 Å². The minimum atomic E-state index is -0.797. The van der Waals surface area contributed by atoms with Crippen LogP contribution < -0.4 is 5.32 Å². The van der Waals surface area contributed by atoms with Crippen molar-refractivity contribution in [1.29, 1.82) is 0 Å². The van der Waals surface area contributed by atoms with Crippen LogP contribution in [0, 0.1) is 10.1 Å². The molecule has 1 fully saturated rings. The molecule has 1 heterocycles. The maximum Gasteiger partial charge on any atom is 0.338 e. The van der Waals surface area contributed by atoms with Crippen LogP contribution in [0.5, 0.6) is 0 Å². The molecule has 1 amide bonds. The topological polar surface area (TPSA) is 120 Å². The Balaban J connectivity index is 1.98. The summed E-state index contributed by atoms with van der Waals surface area (Å²) in [6.07, 6.45) is -0.187. The van der Waals surface area contributed by atoms with Gasteiger partial charge in [0.1, 0.15) is 5.69 Å². The molecule has 0 bridgehead atoms. The van der Waals surface area contributed by atoms with Crippen molar-refractivity contribution in [3.8, 4) is 0 Å². The fraction of sp³-hybridized carbons (Fsp3) is 0.556. The number of anilines is 1. The van der Waals surface area contributed by atoms with E-state index in [1.54, 1.807) is 4.90 Å². The van der Waals surface area contributed by atoms with Crippen LogP contribution in [0.2, 0.25) is 0 Å². The van der Waals surface area contributed by atoms with Gasteiger partial charge in [-0.2, -0.15) is 0 Å². The first-order valence-corrected chi connectivity index (χ1v) is 8.93. The number of morpholine rings is 1. The normalized spacial score (nSPS) is 19.2. The Morgan fingerprint density at radius 3 is 2.61 bits per heavy atom. The Hall–Kier alpha value is -2.72. The number of nitro benzene ring substituents is 1. The summed E-state index contributed by atoms with van der Waals surface area (Å²) in [6.45, 7) is 4.91. The van der Waals surface area contributed by atoms with Gasteiger partial charge in [0, 0.05) is 32.8 Å². The number of nitrogens with zero attached hydrogens (tertiary/aromatic N) is 2. The fourth-order valence-corrected chi connectivity index (χ4v) is 2.93. The predicted octanol–water partition coefficient (Wildman–Crippen LogP) is 1.45. The number of methoxy groups -OCH3 is 1. The molecule has 1 aromatic carbocycles. The zero-order valence-corrected chi connectivity index (χ0v) is 16.2. The van der Waals surface area contributed by atoms with Gasteiger partial charge in [-0.1, -0.05) is 0 Å². The first kappa shape index (κ1) is 21.6. The second-order valence-electron chi connectivity index (χ2n) is 6.54. The molecule has 0 saturated carbocycles. The molecule has 1 N–H and O–H groups in total. The number of nitro groups is 1. The molecule has 2 rings (SSSR count). The van der Waals surface area contributed by atoms with Crippen molar-refractivity contribution in [2.24, 2.45) is 0 Å². The van der Waals surface area contributed by atoms with Crippen LogP contribution in [-0.2, 0) is 19.0 Å². The van der Waals surface area contributed by atoms with E-state index in [-0.39, 0.29) is 35.1 Å². The molecule has 1 saturated heterocycles. The molecule has 28 heavy (non-hydrogen) atoms. The molecule has 1 aliphatic heterocycles. The predicted molar refractivity (Wildman–Crippen MR) is 100 cm³/mol. The quantitative estimate of drug-likeness (QED) is 0.304. The first-order valence-electron chi connectivity index (χ1n) is 8.93. The Kier molecular flexibility index (Phi) is 7.70. The van der Waals surface area contributed by atoms with Crippen molar-refractivity contribution >= 4 is 23.3 Å². The van der Waals surface area contributed by atoms with Crippen molar-refractivity contribution in [1.82, 2.24) is 4.90 Å². The van der Waals surface area contributed by atoms with Crippen molar-refractivity contribution < 1.29 is 28.7 Å². The van der Waals surface area contributed by atoms with Gasteiger partial charge in [-0.25, -0.2) is 4.79 Å². The highest BCUT2D eigenvalue weighted by atomic mass is 16.6. The van der Waals surface area contributed by atoms with Gasteiger partial charge < -0.3 is 24.4 Å². The Labute approximate surface area is 162 Å². The molecule has 0 aromatic heterocycles. The summed E-state index contributed by atoms with van der Waals surface area (Å²) in [5, 5.41) is 14.1. The molecule has 0 spiro atoms. The van der Waals surface area contributed by atoms with Crippen molar-refractivity contribution in [3.63, 3.8) is 0 Å². The van der Waals surface area contributed by atoms with Crippen LogP contribution in [0.1, 0.15) is 24.2 Å². The van der Waals surface area contributed by atoms with E-state index in [4.69, 9.17) is 14.2 Å². The van der Waals surface area contributed by atoms with Gasteiger partial charge in [-0.15, -0.1) is 0 Å². The van der Waals surface area contributed by atoms with Crippen molar-refractivity contribution in [2.75, 3.05) is 45.3 Å². The SMILES string of the molecule is COCCNc1ccc(C(=O)OCC(=O)N2C[C@@H](C)O[C@H](C)C2)cc1[N+](=O)[O-]. The van der Waals surface area contributed by atoms with E-state index in [9.17, 15) is 19.7 Å². The molecule has 0 radical (unpaired) electrons. The summed E-state index contributed by atoms with van der Waals surface area (Å²) in [7, 11) is 1.52. The monoisotopic (exact) mass is 395 g/mol. The second kappa shape index (κ2) is 10.00. The van der Waals surface area contributed by atoms with Crippen LogP contribution in [0.15, 0.2) is 18.2 Å². The summed E-state index contributed by atoms with van der Waals surface area (Å²) in [5.41, 5.74) is 0.0131. The second-order valence-corrected chi connectivity index (χ2v) is 6.54. The number of amides is 1. The highest BCUT2D eigenvalue weighted by molar-refractivity contribution is 5.93. The van der Waals surface area contributed by atoms with Gasteiger partial charge in [-0.05, 0) is 26.0 Å². The Morgan fingerprint density at radius 2 is 2.00 bits per heavy atom. The molecule has 0 aliphatic carbocycles. The van der Waals surface area contributed by atoms with E-state index in [1.165, 1.54) is 19.2 Å². The van der Waals surface area contributed by atoms with Gasteiger partial charge in [0.25, 0.3) is 11.6 Å². The molecule has 2 atom stereocenters. The number of nitrogens with one attached hydrogen (secondary N) is 1. The van der Waals surface area contributed by atoms with Crippen LogP contribution in [0.3, 0.4) is 0 Å². The molecule has 10 heteroatoms. The Bertz CT molecular complexity index is 715. The minimum absolute atomic E-state index is 0.000468. The van der Waals surface area contributed by atoms with E-state index in [0.717, 1.165) is 6.07 Å². The average Bonchev–Trinajstić information content (AvgIpc) is 2.65.